The Hall–Kier alpha value is -2.28. The van der Waals surface area contributed by atoms with Gasteiger partial charge in [0.1, 0.15) is 0 Å². The van der Waals surface area contributed by atoms with Crippen molar-refractivity contribution >= 4 is 27.1 Å². The molecule has 2 aromatic carbocycles. The van der Waals surface area contributed by atoms with E-state index in [0.717, 1.165) is 22.4 Å². The van der Waals surface area contributed by atoms with Crippen LogP contribution in [0.15, 0.2) is 71.6 Å². The van der Waals surface area contributed by atoms with Crippen LogP contribution in [0, 0.1) is 12.8 Å². The summed E-state index contributed by atoms with van der Waals surface area (Å²) in [6.45, 7) is 6.05. The second kappa shape index (κ2) is 9.30. The van der Waals surface area contributed by atoms with Gasteiger partial charge in [-0.05, 0) is 55.5 Å². The lowest BCUT2D eigenvalue weighted by molar-refractivity contribution is 0.0959. The summed E-state index contributed by atoms with van der Waals surface area (Å²) in [5.41, 5.74) is 2.10. The van der Waals surface area contributed by atoms with Crippen molar-refractivity contribution in [3.05, 3.63) is 77.2 Å². The van der Waals surface area contributed by atoms with Crippen molar-refractivity contribution in [3.63, 3.8) is 0 Å². The Kier molecular flexibility index (Phi) is 6.65. The lowest BCUT2D eigenvalue weighted by Crippen LogP contribution is -2.44. The molecule has 4 nitrogen and oxygen atoms in total. The average molecular weight is 468 g/mol. The molecule has 0 aliphatic carbocycles. The van der Waals surface area contributed by atoms with E-state index in [9.17, 15) is 13.2 Å². The van der Waals surface area contributed by atoms with Crippen LogP contribution in [0.5, 0.6) is 0 Å². The molecule has 0 unspecified atom stereocenters. The number of carbonyl (C=O) groups is 1. The number of Topliss-reactive ketones (excluding diaryl/α,β-unsaturated/α-hetero) is 1. The standard InChI is InChI=1S/C26H29NO3S2/c1-18(2)23-14-11-21(27(23)32(29,30)22-12-9-19(3)10-13-22)17-24(28)26-16-15-25(31-26)20-7-5-4-6-8-20/h4-10,12-13,15-16,18,21,23H,11,14,17H2,1-3H3/t21-,23+/m0/s1. The van der Waals surface area contributed by atoms with Crippen molar-refractivity contribution < 1.29 is 13.2 Å². The fourth-order valence-corrected chi connectivity index (χ4v) is 7.44. The van der Waals surface area contributed by atoms with Crippen molar-refractivity contribution in [3.8, 4) is 10.4 Å². The van der Waals surface area contributed by atoms with Crippen molar-refractivity contribution in [1.29, 1.82) is 0 Å². The smallest absolute Gasteiger partial charge is 0.243 e. The highest BCUT2D eigenvalue weighted by molar-refractivity contribution is 7.89. The summed E-state index contributed by atoms with van der Waals surface area (Å²) >= 11 is 1.47. The molecule has 2 heterocycles. The molecule has 3 aromatic rings. The normalized spacial score (nSPS) is 19.5. The van der Waals surface area contributed by atoms with E-state index in [1.54, 1.807) is 16.4 Å². The number of hydrogen-bond acceptors (Lipinski definition) is 4. The summed E-state index contributed by atoms with van der Waals surface area (Å²) in [5.74, 6) is 0.192. The second-order valence-electron chi connectivity index (χ2n) is 8.85. The van der Waals surface area contributed by atoms with E-state index in [0.29, 0.717) is 16.2 Å². The van der Waals surface area contributed by atoms with Gasteiger partial charge in [-0.25, -0.2) is 8.42 Å². The topological polar surface area (TPSA) is 54.5 Å². The molecular formula is C26H29NO3S2. The van der Waals surface area contributed by atoms with Gasteiger partial charge in [-0.3, -0.25) is 4.79 Å². The van der Waals surface area contributed by atoms with Gasteiger partial charge in [0.05, 0.1) is 9.77 Å². The van der Waals surface area contributed by atoms with Gasteiger partial charge in [-0.1, -0.05) is 61.9 Å². The first-order chi connectivity index (χ1) is 15.3. The number of thiophene rings is 1. The van der Waals surface area contributed by atoms with Crippen LogP contribution in [0.25, 0.3) is 10.4 Å². The third kappa shape index (κ3) is 4.58. The van der Waals surface area contributed by atoms with E-state index in [2.05, 4.69) is 13.8 Å². The zero-order chi connectivity index (χ0) is 22.9. The van der Waals surface area contributed by atoms with Gasteiger partial charge in [0, 0.05) is 23.4 Å². The fraction of sp³-hybridized carbons (Fsp3) is 0.346. The number of carbonyl (C=O) groups excluding carboxylic acids is 1. The van der Waals surface area contributed by atoms with Gasteiger partial charge in [-0.15, -0.1) is 11.3 Å². The Labute approximate surface area is 195 Å². The van der Waals surface area contributed by atoms with E-state index in [1.165, 1.54) is 11.3 Å². The molecule has 0 N–H and O–H groups in total. The molecule has 0 radical (unpaired) electrons. The summed E-state index contributed by atoms with van der Waals surface area (Å²) in [7, 11) is -3.68. The maximum atomic E-state index is 13.6. The van der Waals surface area contributed by atoms with Gasteiger partial charge in [0.2, 0.25) is 10.0 Å². The van der Waals surface area contributed by atoms with E-state index < -0.39 is 10.0 Å². The Bertz CT molecular complexity index is 1180. The van der Waals surface area contributed by atoms with Crippen LogP contribution in [0.2, 0.25) is 0 Å². The lowest BCUT2D eigenvalue weighted by atomic mass is 10.0. The molecule has 2 atom stereocenters. The number of aryl methyl sites for hydroxylation is 1. The number of benzene rings is 2. The zero-order valence-electron chi connectivity index (χ0n) is 18.7. The molecule has 6 heteroatoms. The minimum atomic E-state index is -3.68. The SMILES string of the molecule is Cc1ccc(S(=O)(=O)N2[C@H](CC(=O)c3ccc(-c4ccccc4)s3)CC[C@@H]2C(C)C)cc1. The molecule has 32 heavy (non-hydrogen) atoms. The maximum absolute atomic E-state index is 13.6. The van der Waals surface area contributed by atoms with Crippen LogP contribution in [0.3, 0.4) is 0 Å². The third-order valence-corrected chi connectivity index (χ3v) is 9.38. The first-order valence-electron chi connectivity index (χ1n) is 11.1. The molecule has 0 amide bonds. The quantitative estimate of drug-likeness (QED) is 0.390. The molecule has 1 aliphatic heterocycles. The predicted molar refractivity (Wildman–Crippen MR) is 131 cm³/mol. The highest BCUT2D eigenvalue weighted by atomic mass is 32.2. The summed E-state index contributed by atoms with van der Waals surface area (Å²) < 4.78 is 28.8. The highest BCUT2D eigenvalue weighted by Crippen LogP contribution is 2.37. The molecule has 0 spiro atoms. The van der Waals surface area contributed by atoms with Gasteiger partial charge >= 0.3 is 0 Å². The molecule has 1 saturated heterocycles. The van der Waals surface area contributed by atoms with Crippen LogP contribution in [-0.4, -0.2) is 30.6 Å². The van der Waals surface area contributed by atoms with Crippen molar-refractivity contribution in [2.75, 3.05) is 0 Å². The monoisotopic (exact) mass is 467 g/mol. The van der Waals surface area contributed by atoms with Crippen molar-refractivity contribution in [2.45, 2.75) is 57.0 Å². The molecule has 1 fully saturated rings. The third-order valence-electron chi connectivity index (χ3n) is 6.21. The summed E-state index contributed by atoms with van der Waals surface area (Å²) in [6.07, 6.45) is 1.69. The number of hydrogen-bond donors (Lipinski definition) is 0. The number of ketones is 1. The summed E-state index contributed by atoms with van der Waals surface area (Å²) in [5, 5.41) is 0. The lowest BCUT2D eigenvalue weighted by Gasteiger charge is -2.31. The zero-order valence-corrected chi connectivity index (χ0v) is 20.3. The molecule has 0 saturated carbocycles. The highest BCUT2D eigenvalue weighted by Gasteiger charge is 2.44. The number of sulfonamides is 1. The van der Waals surface area contributed by atoms with Crippen LogP contribution in [-0.2, 0) is 10.0 Å². The van der Waals surface area contributed by atoms with Crippen LogP contribution in [0.1, 0.15) is 48.3 Å². The number of rotatable bonds is 7. The van der Waals surface area contributed by atoms with Gasteiger partial charge < -0.3 is 0 Å². The first kappa shape index (κ1) is 22.9. The molecule has 0 bridgehead atoms. The first-order valence-corrected chi connectivity index (χ1v) is 13.3. The average Bonchev–Trinajstić information content (AvgIpc) is 3.43. The van der Waals surface area contributed by atoms with Crippen LogP contribution < -0.4 is 0 Å². The molecule has 1 aliphatic rings. The van der Waals surface area contributed by atoms with Gasteiger partial charge in [-0.2, -0.15) is 4.31 Å². The van der Waals surface area contributed by atoms with Gasteiger partial charge in [0.15, 0.2) is 5.78 Å². The molecule has 168 valence electrons. The van der Waals surface area contributed by atoms with E-state index in [-0.39, 0.29) is 30.2 Å². The van der Waals surface area contributed by atoms with Crippen molar-refractivity contribution in [2.24, 2.45) is 5.92 Å². The van der Waals surface area contributed by atoms with Crippen LogP contribution in [0.4, 0.5) is 0 Å². The Morgan fingerprint density at radius 2 is 1.69 bits per heavy atom. The Morgan fingerprint density at radius 1 is 1.00 bits per heavy atom. The minimum Gasteiger partial charge on any atom is -0.293 e. The predicted octanol–water partition coefficient (Wildman–Crippen LogP) is 6.17. The molecule has 4 rings (SSSR count). The maximum Gasteiger partial charge on any atom is 0.243 e. The van der Waals surface area contributed by atoms with E-state index in [1.807, 2.05) is 61.5 Å². The van der Waals surface area contributed by atoms with Crippen molar-refractivity contribution in [1.82, 2.24) is 4.31 Å². The fourth-order valence-electron chi connectivity index (χ4n) is 4.47. The Balaban J connectivity index is 1.59. The second-order valence-corrected chi connectivity index (χ2v) is 11.8. The molecule has 1 aromatic heterocycles. The minimum absolute atomic E-state index is 0.00990. The largest absolute Gasteiger partial charge is 0.293 e. The summed E-state index contributed by atoms with van der Waals surface area (Å²) in [4.78, 5) is 15.2. The van der Waals surface area contributed by atoms with E-state index in [4.69, 9.17) is 0 Å². The molecular weight excluding hydrogens is 438 g/mol. The van der Waals surface area contributed by atoms with Gasteiger partial charge in [0.25, 0.3) is 0 Å². The number of nitrogens with zero attached hydrogens (tertiary/aromatic N) is 1. The van der Waals surface area contributed by atoms with Crippen LogP contribution >= 0.6 is 11.3 Å². The van der Waals surface area contributed by atoms with E-state index >= 15 is 0 Å². The Morgan fingerprint density at radius 3 is 2.34 bits per heavy atom. The summed E-state index contributed by atoms with van der Waals surface area (Å²) in [6, 6.07) is 20.4.